The van der Waals surface area contributed by atoms with Crippen LogP contribution in [0.3, 0.4) is 0 Å². The van der Waals surface area contributed by atoms with Crippen molar-refractivity contribution >= 4 is 28.6 Å². The molecule has 0 bridgehead atoms. The third-order valence-electron chi connectivity index (χ3n) is 3.74. The molecule has 7 heteroatoms. The van der Waals surface area contributed by atoms with Crippen LogP contribution < -0.4 is 11.1 Å². The van der Waals surface area contributed by atoms with Crippen molar-refractivity contribution in [3.05, 3.63) is 33.8 Å². The van der Waals surface area contributed by atoms with Crippen LogP contribution in [0.15, 0.2) is 27.4 Å². The third kappa shape index (κ3) is 3.34. The van der Waals surface area contributed by atoms with Crippen LogP contribution in [0.1, 0.15) is 19.3 Å². The van der Waals surface area contributed by atoms with Crippen molar-refractivity contribution in [2.24, 2.45) is 0 Å². The number of aromatic nitrogens is 1. The van der Waals surface area contributed by atoms with Crippen LogP contribution in [-0.4, -0.2) is 29.7 Å². The van der Waals surface area contributed by atoms with Gasteiger partial charge in [0.25, 0.3) is 0 Å². The number of carbonyl (C=O) groups is 1. The first kappa shape index (κ1) is 15.1. The number of rotatable bonds is 5. The van der Waals surface area contributed by atoms with Gasteiger partial charge in [-0.15, -0.1) is 0 Å². The molecule has 2 heterocycles. The van der Waals surface area contributed by atoms with Gasteiger partial charge < -0.3 is 14.5 Å². The highest BCUT2D eigenvalue weighted by Gasteiger charge is 2.16. The Morgan fingerprint density at radius 1 is 1.45 bits per heavy atom. The second-order valence-corrected chi connectivity index (χ2v) is 5.76. The molecular weight excluding hydrogens is 308 g/mol. The van der Waals surface area contributed by atoms with E-state index >= 15 is 0 Å². The van der Waals surface area contributed by atoms with Gasteiger partial charge in [-0.3, -0.25) is 9.36 Å². The Labute approximate surface area is 132 Å². The Morgan fingerprint density at radius 2 is 2.32 bits per heavy atom. The fraction of sp³-hybridized carbons (Fsp3) is 0.467. The van der Waals surface area contributed by atoms with Crippen LogP contribution in [-0.2, 0) is 16.1 Å². The lowest BCUT2D eigenvalue weighted by Gasteiger charge is -2.10. The highest BCUT2D eigenvalue weighted by atomic mass is 35.5. The number of amides is 1. The van der Waals surface area contributed by atoms with E-state index in [1.54, 1.807) is 18.2 Å². The summed E-state index contributed by atoms with van der Waals surface area (Å²) in [6, 6.07) is 4.99. The van der Waals surface area contributed by atoms with Gasteiger partial charge in [0, 0.05) is 37.2 Å². The van der Waals surface area contributed by atoms with E-state index in [1.165, 1.54) is 4.57 Å². The molecule has 0 saturated carbocycles. The van der Waals surface area contributed by atoms with E-state index < -0.39 is 5.76 Å². The highest BCUT2D eigenvalue weighted by Crippen LogP contribution is 2.18. The SMILES string of the molecule is O=C(CCn1c(=O)oc2cc(Cl)ccc21)NCC1CCCO1. The Morgan fingerprint density at radius 3 is 3.09 bits per heavy atom. The van der Waals surface area contributed by atoms with E-state index in [2.05, 4.69) is 5.32 Å². The van der Waals surface area contributed by atoms with Crippen molar-refractivity contribution in [3.63, 3.8) is 0 Å². The molecule has 22 heavy (non-hydrogen) atoms. The van der Waals surface area contributed by atoms with E-state index in [1.807, 2.05) is 0 Å². The van der Waals surface area contributed by atoms with Gasteiger partial charge in [-0.1, -0.05) is 11.6 Å². The van der Waals surface area contributed by atoms with Gasteiger partial charge >= 0.3 is 5.76 Å². The molecule has 1 aromatic carbocycles. The fourth-order valence-corrected chi connectivity index (χ4v) is 2.75. The summed E-state index contributed by atoms with van der Waals surface area (Å²) in [5.41, 5.74) is 1.07. The lowest BCUT2D eigenvalue weighted by molar-refractivity contribution is -0.121. The lowest BCUT2D eigenvalue weighted by Crippen LogP contribution is -2.32. The second-order valence-electron chi connectivity index (χ2n) is 5.32. The maximum Gasteiger partial charge on any atom is 0.419 e. The summed E-state index contributed by atoms with van der Waals surface area (Å²) < 4.78 is 12.0. The molecule has 1 aromatic heterocycles. The Kier molecular flexibility index (Phi) is 4.49. The third-order valence-corrected chi connectivity index (χ3v) is 3.98. The van der Waals surface area contributed by atoms with Gasteiger partial charge in [0.2, 0.25) is 5.91 Å². The number of hydrogen-bond acceptors (Lipinski definition) is 4. The molecule has 1 atom stereocenters. The molecule has 1 saturated heterocycles. The number of nitrogens with one attached hydrogen (secondary N) is 1. The van der Waals surface area contributed by atoms with Gasteiger partial charge in [0.15, 0.2) is 5.58 Å². The van der Waals surface area contributed by atoms with Gasteiger partial charge in [-0.2, -0.15) is 0 Å². The van der Waals surface area contributed by atoms with Crippen molar-refractivity contribution < 1.29 is 13.9 Å². The molecule has 0 radical (unpaired) electrons. The molecule has 1 unspecified atom stereocenters. The number of nitrogens with zero attached hydrogens (tertiary/aromatic N) is 1. The zero-order valence-electron chi connectivity index (χ0n) is 12.0. The number of aryl methyl sites for hydroxylation is 1. The van der Waals surface area contributed by atoms with Crippen LogP contribution in [0.2, 0.25) is 5.02 Å². The molecule has 3 rings (SSSR count). The highest BCUT2D eigenvalue weighted by molar-refractivity contribution is 6.31. The van der Waals surface area contributed by atoms with Crippen molar-refractivity contribution in [1.82, 2.24) is 9.88 Å². The van der Waals surface area contributed by atoms with Gasteiger partial charge in [0.05, 0.1) is 11.6 Å². The minimum atomic E-state index is -0.482. The molecule has 1 fully saturated rings. The predicted molar refractivity (Wildman–Crippen MR) is 82.1 cm³/mol. The smallest absolute Gasteiger partial charge is 0.408 e. The van der Waals surface area contributed by atoms with Crippen molar-refractivity contribution in [1.29, 1.82) is 0 Å². The zero-order chi connectivity index (χ0) is 15.5. The fourth-order valence-electron chi connectivity index (χ4n) is 2.59. The molecule has 1 amide bonds. The number of hydrogen-bond donors (Lipinski definition) is 1. The number of oxazole rings is 1. The molecule has 2 aromatic rings. The lowest BCUT2D eigenvalue weighted by atomic mass is 10.2. The molecule has 118 valence electrons. The first-order valence-corrected chi connectivity index (χ1v) is 7.68. The first-order chi connectivity index (χ1) is 10.6. The maximum absolute atomic E-state index is 11.9. The second kappa shape index (κ2) is 6.54. The standard InChI is InChI=1S/C15H17ClN2O4/c16-10-3-4-12-13(8-10)22-15(20)18(12)6-5-14(19)17-9-11-2-1-7-21-11/h3-4,8,11H,1-2,5-7,9H2,(H,17,19). The minimum absolute atomic E-state index is 0.106. The van der Waals surface area contributed by atoms with Gasteiger partial charge in [0.1, 0.15) is 0 Å². The summed E-state index contributed by atoms with van der Waals surface area (Å²) >= 11 is 5.86. The Balaban J connectivity index is 1.60. The van der Waals surface area contributed by atoms with Crippen molar-refractivity contribution in [3.8, 4) is 0 Å². The average Bonchev–Trinajstić information content (AvgIpc) is 3.10. The molecule has 6 nitrogen and oxygen atoms in total. The summed E-state index contributed by atoms with van der Waals surface area (Å²) in [5.74, 6) is -0.588. The quantitative estimate of drug-likeness (QED) is 0.912. The molecule has 0 aliphatic carbocycles. The monoisotopic (exact) mass is 324 g/mol. The molecule has 1 N–H and O–H groups in total. The Hall–Kier alpha value is -1.79. The van der Waals surface area contributed by atoms with E-state index in [0.29, 0.717) is 22.7 Å². The number of halogens is 1. The van der Waals surface area contributed by atoms with Crippen LogP contribution in [0.25, 0.3) is 11.1 Å². The molecule has 1 aliphatic rings. The van der Waals surface area contributed by atoms with Gasteiger partial charge in [-0.05, 0) is 25.0 Å². The van der Waals surface area contributed by atoms with E-state index in [0.717, 1.165) is 19.4 Å². The summed E-state index contributed by atoms with van der Waals surface area (Å²) in [6.07, 6.45) is 2.35. The molecule has 1 aliphatic heterocycles. The minimum Gasteiger partial charge on any atom is -0.408 e. The van der Waals surface area contributed by atoms with Crippen LogP contribution in [0, 0.1) is 0 Å². The van der Waals surface area contributed by atoms with Crippen LogP contribution >= 0.6 is 11.6 Å². The van der Waals surface area contributed by atoms with Crippen molar-refractivity contribution in [2.75, 3.05) is 13.2 Å². The number of carbonyl (C=O) groups excluding carboxylic acids is 1. The summed E-state index contributed by atoms with van der Waals surface area (Å²) in [7, 11) is 0. The summed E-state index contributed by atoms with van der Waals surface area (Å²) in [6.45, 7) is 1.56. The van der Waals surface area contributed by atoms with E-state index in [9.17, 15) is 9.59 Å². The number of ether oxygens (including phenoxy) is 1. The van der Waals surface area contributed by atoms with Crippen LogP contribution in [0.5, 0.6) is 0 Å². The normalized spacial score (nSPS) is 18.0. The first-order valence-electron chi connectivity index (χ1n) is 7.30. The van der Waals surface area contributed by atoms with Gasteiger partial charge in [-0.25, -0.2) is 4.79 Å². The largest absolute Gasteiger partial charge is 0.419 e. The van der Waals surface area contributed by atoms with Crippen LogP contribution in [0.4, 0.5) is 0 Å². The topological polar surface area (TPSA) is 73.5 Å². The summed E-state index contributed by atoms with van der Waals surface area (Å²) in [4.78, 5) is 23.7. The molecular formula is C15H17ClN2O4. The molecule has 0 spiro atoms. The Bertz CT molecular complexity index is 731. The average molecular weight is 325 g/mol. The number of benzene rings is 1. The van der Waals surface area contributed by atoms with E-state index in [4.69, 9.17) is 20.8 Å². The van der Waals surface area contributed by atoms with Crippen molar-refractivity contribution in [2.45, 2.75) is 31.9 Å². The summed E-state index contributed by atoms with van der Waals surface area (Å²) in [5, 5.41) is 3.34. The maximum atomic E-state index is 11.9. The van der Waals surface area contributed by atoms with E-state index in [-0.39, 0.29) is 25.0 Å². The zero-order valence-corrected chi connectivity index (χ0v) is 12.8. The number of fused-ring (bicyclic) bond motifs is 1. The predicted octanol–water partition coefficient (Wildman–Crippen LogP) is 1.93.